The Hall–Kier alpha value is -2.05. The largest absolute Gasteiger partial charge is 0.480 e. The van der Waals surface area contributed by atoms with Gasteiger partial charge in [0, 0.05) is 24.9 Å². The second kappa shape index (κ2) is 6.63. The van der Waals surface area contributed by atoms with E-state index in [-0.39, 0.29) is 5.92 Å². The van der Waals surface area contributed by atoms with Crippen LogP contribution in [0.1, 0.15) is 19.5 Å². The number of amides is 2. The molecule has 1 aromatic rings. The Balaban J connectivity index is 2.30. The fourth-order valence-electron chi connectivity index (χ4n) is 1.44. The number of H-pyrrole nitrogens is 1. The van der Waals surface area contributed by atoms with Crippen molar-refractivity contribution in [3.63, 3.8) is 0 Å². The third-order valence-electron chi connectivity index (χ3n) is 2.45. The average Bonchev–Trinajstić information content (AvgIpc) is 2.78. The van der Waals surface area contributed by atoms with Crippen LogP contribution in [-0.2, 0) is 11.2 Å². The van der Waals surface area contributed by atoms with Crippen molar-refractivity contribution >= 4 is 12.0 Å². The lowest BCUT2D eigenvalue weighted by Crippen LogP contribution is -2.48. The second-order valence-electron chi connectivity index (χ2n) is 4.29. The van der Waals surface area contributed by atoms with Crippen LogP contribution in [-0.4, -0.2) is 39.7 Å². The van der Waals surface area contributed by atoms with Crippen LogP contribution in [0, 0.1) is 5.92 Å². The molecule has 4 N–H and O–H groups in total. The van der Waals surface area contributed by atoms with Gasteiger partial charge in [-0.05, 0) is 5.92 Å². The number of nitrogens with zero attached hydrogens (tertiary/aromatic N) is 1. The van der Waals surface area contributed by atoms with Crippen molar-refractivity contribution in [1.29, 1.82) is 0 Å². The number of urea groups is 1. The van der Waals surface area contributed by atoms with Gasteiger partial charge in [0.25, 0.3) is 0 Å². The summed E-state index contributed by atoms with van der Waals surface area (Å²) in [7, 11) is 0. The average molecular weight is 254 g/mol. The number of imidazole rings is 1. The van der Waals surface area contributed by atoms with Gasteiger partial charge in [-0.15, -0.1) is 0 Å². The lowest BCUT2D eigenvalue weighted by Gasteiger charge is -2.18. The number of carboxylic acids is 1. The number of aliphatic carboxylic acids is 1. The predicted molar refractivity (Wildman–Crippen MR) is 65.1 cm³/mol. The van der Waals surface area contributed by atoms with Crippen molar-refractivity contribution in [3.05, 3.63) is 18.2 Å². The van der Waals surface area contributed by atoms with Crippen LogP contribution in [0.3, 0.4) is 0 Å². The SMILES string of the molecule is CC(C)[C@H](NC(=O)NCCc1cnc[nH]1)C(=O)O. The molecule has 0 saturated heterocycles. The van der Waals surface area contributed by atoms with Crippen LogP contribution >= 0.6 is 0 Å². The zero-order valence-corrected chi connectivity index (χ0v) is 10.4. The number of hydrogen-bond acceptors (Lipinski definition) is 3. The van der Waals surface area contributed by atoms with E-state index in [1.54, 1.807) is 26.4 Å². The van der Waals surface area contributed by atoms with Crippen LogP contribution in [0.5, 0.6) is 0 Å². The van der Waals surface area contributed by atoms with E-state index in [0.717, 1.165) is 5.69 Å². The highest BCUT2D eigenvalue weighted by Gasteiger charge is 2.22. The van der Waals surface area contributed by atoms with E-state index in [1.807, 2.05) is 0 Å². The van der Waals surface area contributed by atoms with Gasteiger partial charge in [-0.25, -0.2) is 14.6 Å². The number of carbonyl (C=O) groups excluding carboxylic acids is 1. The van der Waals surface area contributed by atoms with Crippen molar-refractivity contribution in [3.8, 4) is 0 Å². The van der Waals surface area contributed by atoms with Gasteiger partial charge in [0.2, 0.25) is 0 Å². The normalized spacial score (nSPS) is 12.2. The first kappa shape index (κ1) is 14.0. The van der Waals surface area contributed by atoms with Crippen LogP contribution in [0.15, 0.2) is 12.5 Å². The zero-order chi connectivity index (χ0) is 13.5. The molecular weight excluding hydrogens is 236 g/mol. The molecule has 2 amide bonds. The summed E-state index contributed by atoms with van der Waals surface area (Å²) in [5.41, 5.74) is 0.911. The highest BCUT2D eigenvalue weighted by atomic mass is 16.4. The summed E-state index contributed by atoms with van der Waals surface area (Å²) in [5.74, 6) is -1.20. The summed E-state index contributed by atoms with van der Waals surface area (Å²) in [4.78, 5) is 29.1. The quantitative estimate of drug-likeness (QED) is 0.588. The maximum atomic E-state index is 11.5. The molecule has 0 spiro atoms. The number of rotatable bonds is 6. The van der Waals surface area contributed by atoms with Gasteiger partial charge in [0.1, 0.15) is 6.04 Å². The summed E-state index contributed by atoms with van der Waals surface area (Å²) >= 11 is 0. The third-order valence-corrected chi connectivity index (χ3v) is 2.45. The van der Waals surface area contributed by atoms with Gasteiger partial charge in [0.05, 0.1) is 6.33 Å². The molecule has 0 aliphatic rings. The third kappa shape index (κ3) is 4.44. The van der Waals surface area contributed by atoms with Gasteiger partial charge >= 0.3 is 12.0 Å². The molecule has 0 unspecified atom stereocenters. The first-order valence-corrected chi connectivity index (χ1v) is 5.75. The van der Waals surface area contributed by atoms with E-state index in [4.69, 9.17) is 5.11 Å². The maximum Gasteiger partial charge on any atom is 0.326 e. The molecule has 1 atom stereocenters. The van der Waals surface area contributed by atoms with E-state index in [2.05, 4.69) is 20.6 Å². The number of nitrogens with one attached hydrogen (secondary N) is 3. The van der Waals surface area contributed by atoms with E-state index < -0.39 is 18.0 Å². The van der Waals surface area contributed by atoms with Crippen LogP contribution in [0.25, 0.3) is 0 Å². The Bertz CT molecular complexity index is 389. The Kier molecular flexibility index (Phi) is 5.16. The smallest absolute Gasteiger partial charge is 0.326 e. The number of aromatic nitrogens is 2. The van der Waals surface area contributed by atoms with Crippen molar-refractivity contribution < 1.29 is 14.7 Å². The van der Waals surface area contributed by atoms with Crippen LogP contribution < -0.4 is 10.6 Å². The van der Waals surface area contributed by atoms with Crippen molar-refractivity contribution in [1.82, 2.24) is 20.6 Å². The first-order valence-electron chi connectivity index (χ1n) is 5.75. The lowest BCUT2D eigenvalue weighted by molar-refractivity contribution is -0.140. The molecule has 0 aliphatic heterocycles. The Morgan fingerprint density at radius 1 is 1.50 bits per heavy atom. The number of aromatic amines is 1. The molecule has 0 aromatic carbocycles. The van der Waals surface area contributed by atoms with Gasteiger partial charge in [-0.1, -0.05) is 13.8 Å². The van der Waals surface area contributed by atoms with E-state index in [9.17, 15) is 9.59 Å². The molecule has 0 aliphatic carbocycles. The highest BCUT2D eigenvalue weighted by Crippen LogP contribution is 2.01. The Morgan fingerprint density at radius 3 is 2.72 bits per heavy atom. The van der Waals surface area contributed by atoms with Gasteiger partial charge in [-0.2, -0.15) is 0 Å². The van der Waals surface area contributed by atoms with Crippen LogP contribution in [0.4, 0.5) is 4.79 Å². The van der Waals surface area contributed by atoms with Crippen molar-refractivity contribution in [2.75, 3.05) is 6.54 Å². The molecule has 0 saturated carbocycles. The summed E-state index contributed by atoms with van der Waals surface area (Å²) in [5, 5.41) is 13.9. The minimum atomic E-state index is -1.03. The fourth-order valence-corrected chi connectivity index (χ4v) is 1.44. The van der Waals surface area contributed by atoms with Crippen molar-refractivity contribution in [2.45, 2.75) is 26.3 Å². The topological polar surface area (TPSA) is 107 Å². The van der Waals surface area contributed by atoms with Gasteiger partial charge in [-0.3, -0.25) is 0 Å². The molecule has 0 fully saturated rings. The van der Waals surface area contributed by atoms with E-state index >= 15 is 0 Å². The molecule has 1 heterocycles. The Labute approximate surface area is 105 Å². The predicted octanol–water partition coefficient (Wildman–Crippen LogP) is 0.361. The maximum absolute atomic E-state index is 11.5. The number of hydrogen-bond donors (Lipinski definition) is 4. The molecule has 7 nitrogen and oxygen atoms in total. The van der Waals surface area contributed by atoms with E-state index in [1.165, 1.54) is 0 Å². The molecule has 18 heavy (non-hydrogen) atoms. The van der Waals surface area contributed by atoms with Crippen LogP contribution in [0.2, 0.25) is 0 Å². The number of carbonyl (C=O) groups is 2. The zero-order valence-electron chi connectivity index (χ0n) is 10.4. The summed E-state index contributed by atoms with van der Waals surface area (Å²) in [6.07, 6.45) is 3.86. The summed E-state index contributed by atoms with van der Waals surface area (Å²) in [6, 6.07) is -1.35. The first-order chi connectivity index (χ1) is 8.50. The minimum Gasteiger partial charge on any atom is -0.480 e. The lowest BCUT2D eigenvalue weighted by atomic mass is 10.1. The van der Waals surface area contributed by atoms with Crippen molar-refractivity contribution in [2.24, 2.45) is 5.92 Å². The van der Waals surface area contributed by atoms with E-state index in [0.29, 0.717) is 13.0 Å². The fraction of sp³-hybridized carbons (Fsp3) is 0.545. The summed E-state index contributed by atoms with van der Waals surface area (Å²) < 4.78 is 0. The molecule has 0 radical (unpaired) electrons. The molecule has 0 bridgehead atoms. The molecule has 1 aromatic heterocycles. The summed E-state index contributed by atoms with van der Waals surface area (Å²) in [6.45, 7) is 3.89. The monoisotopic (exact) mass is 254 g/mol. The standard InChI is InChI=1S/C11H18N4O3/c1-7(2)9(10(16)17)15-11(18)13-4-3-8-5-12-6-14-8/h5-7,9H,3-4H2,1-2H3,(H,12,14)(H,16,17)(H2,13,15,18)/t9-/m0/s1. The molecule has 100 valence electrons. The Morgan fingerprint density at radius 2 is 2.22 bits per heavy atom. The molecule has 1 rings (SSSR count). The minimum absolute atomic E-state index is 0.166. The molecular formula is C11H18N4O3. The number of carboxylic acid groups (broad SMARTS) is 1. The second-order valence-corrected chi connectivity index (χ2v) is 4.29. The molecule has 7 heteroatoms. The van der Waals surface area contributed by atoms with Gasteiger partial charge in [0.15, 0.2) is 0 Å². The van der Waals surface area contributed by atoms with Gasteiger partial charge < -0.3 is 20.7 Å². The highest BCUT2D eigenvalue weighted by molar-refractivity contribution is 5.82.